The molecule has 0 radical (unpaired) electrons. The van der Waals surface area contributed by atoms with Gasteiger partial charge in [-0.25, -0.2) is 0 Å². The van der Waals surface area contributed by atoms with Gasteiger partial charge in [-0.1, -0.05) is 18.2 Å². The summed E-state index contributed by atoms with van der Waals surface area (Å²) >= 11 is 0. The highest BCUT2D eigenvalue weighted by molar-refractivity contribution is 5.33. The summed E-state index contributed by atoms with van der Waals surface area (Å²) in [6, 6.07) is 8.20. The van der Waals surface area contributed by atoms with Crippen LogP contribution in [-0.2, 0) is 6.42 Å². The molecular formula is C15H23NO2. The zero-order valence-electron chi connectivity index (χ0n) is 11.1. The van der Waals surface area contributed by atoms with Crippen LogP contribution in [0.4, 0.5) is 0 Å². The van der Waals surface area contributed by atoms with Crippen molar-refractivity contribution in [2.45, 2.75) is 31.8 Å². The maximum absolute atomic E-state index is 9.62. The molecule has 3 nitrogen and oxygen atoms in total. The van der Waals surface area contributed by atoms with Crippen molar-refractivity contribution < 1.29 is 9.84 Å². The van der Waals surface area contributed by atoms with Crippen LogP contribution in [0.2, 0.25) is 0 Å². The summed E-state index contributed by atoms with van der Waals surface area (Å²) in [5.41, 5.74) is 1.28. The molecule has 1 aromatic rings. The topological polar surface area (TPSA) is 32.7 Å². The van der Waals surface area contributed by atoms with Crippen molar-refractivity contribution in [3.8, 4) is 5.75 Å². The highest BCUT2D eigenvalue weighted by atomic mass is 16.5. The third-order valence-corrected chi connectivity index (χ3v) is 3.59. The number of methoxy groups -OCH3 is 1. The van der Waals surface area contributed by atoms with E-state index in [1.54, 1.807) is 7.11 Å². The third-order valence-electron chi connectivity index (χ3n) is 3.59. The van der Waals surface area contributed by atoms with Crippen LogP contribution in [0, 0.1) is 0 Å². The number of benzene rings is 1. The number of hydrogen-bond acceptors (Lipinski definition) is 3. The highest BCUT2D eigenvalue weighted by Crippen LogP contribution is 2.19. The first-order chi connectivity index (χ1) is 8.79. The number of para-hydroxylation sites is 1. The molecule has 1 aliphatic heterocycles. The van der Waals surface area contributed by atoms with E-state index in [9.17, 15) is 5.11 Å². The van der Waals surface area contributed by atoms with Crippen LogP contribution < -0.4 is 4.74 Å². The lowest BCUT2D eigenvalue weighted by atomic mass is 10.1. The average molecular weight is 249 g/mol. The van der Waals surface area contributed by atoms with Crippen molar-refractivity contribution in [3.63, 3.8) is 0 Å². The van der Waals surface area contributed by atoms with Crippen molar-refractivity contribution >= 4 is 0 Å². The van der Waals surface area contributed by atoms with Crippen LogP contribution in [0.3, 0.4) is 0 Å². The Morgan fingerprint density at radius 1 is 1.39 bits per heavy atom. The first kappa shape index (κ1) is 13.4. The van der Waals surface area contributed by atoms with E-state index in [1.807, 2.05) is 12.1 Å². The molecule has 2 rings (SSSR count). The maximum atomic E-state index is 9.62. The van der Waals surface area contributed by atoms with Crippen molar-refractivity contribution in [3.05, 3.63) is 29.8 Å². The lowest BCUT2D eigenvalue weighted by Gasteiger charge is -2.29. The largest absolute Gasteiger partial charge is 0.496 e. The van der Waals surface area contributed by atoms with E-state index in [0.29, 0.717) is 0 Å². The first-order valence-corrected chi connectivity index (χ1v) is 6.82. The minimum atomic E-state index is -0.120. The van der Waals surface area contributed by atoms with Crippen LogP contribution in [0.15, 0.2) is 24.3 Å². The molecule has 3 heteroatoms. The Morgan fingerprint density at radius 3 is 3.00 bits per heavy atom. The molecule has 1 heterocycles. The molecule has 0 saturated carbocycles. The molecule has 1 fully saturated rings. The van der Waals surface area contributed by atoms with Gasteiger partial charge in [0.1, 0.15) is 5.75 Å². The van der Waals surface area contributed by atoms with Crippen molar-refractivity contribution in [2.75, 3.05) is 26.7 Å². The summed E-state index contributed by atoms with van der Waals surface area (Å²) in [5, 5.41) is 9.62. The molecule has 1 atom stereocenters. The second-order valence-corrected chi connectivity index (χ2v) is 5.01. The van der Waals surface area contributed by atoms with Crippen LogP contribution >= 0.6 is 0 Å². The van der Waals surface area contributed by atoms with E-state index in [4.69, 9.17) is 4.74 Å². The van der Waals surface area contributed by atoms with Gasteiger partial charge in [0, 0.05) is 6.54 Å². The molecule has 100 valence electrons. The van der Waals surface area contributed by atoms with Crippen LogP contribution in [0.1, 0.15) is 24.8 Å². The van der Waals surface area contributed by atoms with E-state index in [0.717, 1.165) is 51.1 Å². The predicted octanol–water partition coefficient (Wildman–Crippen LogP) is 2.08. The summed E-state index contributed by atoms with van der Waals surface area (Å²) in [6.45, 7) is 3.03. The molecule has 0 aliphatic carbocycles. The Morgan fingerprint density at radius 2 is 2.22 bits per heavy atom. The molecule has 18 heavy (non-hydrogen) atoms. The Labute approximate surface area is 109 Å². The molecule has 0 spiro atoms. The normalized spacial score (nSPS) is 20.9. The van der Waals surface area contributed by atoms with Crippen LogP contribution in [0.25, 0.3) is 0 Å². The number of nitrogens with zero attached hydrogens (tertiary/aromatic N) is 1. The second kappa shape index (κ2) is 6.76. The van der Waals surface area contributed by atoms with Gasteiger partial charge in [0.05, 0.1) is 13.2 Å². The zero-order chi connectivity index (χ0) is 12.8. The van der Waals surface area contributed by atoms with Gasteiger partial charge in [-0.2, -0.15) is 0 Å². The summed E-state index contributed by atoms with van der Waals surface area (Å²) in [6.07, 6.45) is 4.12. The first-order valence-electron chi connectivity index (χ1n) is 6.82. The zero-order valence-corrected chi connectivity index (χ0v) is 11.1. The Balaban J connectivity index is 1.77. The summed E-state index contributed by atoms with van der Waals surface area (Å²) in [7, 11) is 1.72. The molecule has 1 aliphatic rings. The monoisotopic (exact) mass is 249 g/mol. The number of piperidine rings is 1. The van der Waals surface area contributed by atoms with E-state index >= 15 is 0 Å². The number of likely N-dealkylation sites (tertiary alicyclic amines) is 1. The Kier molecular flexibility index (Phi) is 5.02. The SMILES string of the molecule is COc1ccccc1CCCN1CCCC(O)C1. The molecule has 0 bridgehead atoms. The lowest BCUT2D eigenvalue weighted by molar-refractivity contribution is 0.0702. The van der Waals surface area contributed by atoms with E-state index in [2.05, 4.69) is 17.0 Å². The minimum Gasteiger partial charge on any atom is -0.496 e. The fraction of sp³-hybridized carbons (Fsp3) is 0.600. The van der Waals surface area contributed by atoms with Gasteiger partial charge in [-0.15, -0.1) is 0 Å². The summed E-state index contributed by atoms with van der Waals surface area (Å²) in [5.74, 6) is 0.983. The summed E-state index contributed by atoms with van der Waals surface area (Å²) in [4.78, 5) is 2.36. The number of aliphatic hydroxyl groups excluding tert-OH is 1. The maximum Gasteiger partial charge on any atom is 0.122 e. The number of aliphatic hydroxyl groups is 1. The van der Waals surface area contributed by atoms with Gasteiger partial charge < -0.3 is 14.7 Å². The predicted molar refractivity (Wildman–Crippen MR) is 73.0 cm³/mol. The molecule has 1 saturated heterocycles. The fourth-order valence-corrected chi connectivity index (χ4v) is 2.64. The van der Waals surface area contributed by atoms with Crippen molar-refractivity contribution in [1.29, 1.82) is 0 Å². The average Bonchev–Trinajstić information content (AvgIpc) is 2.39. The molecule has 1 aromatic carbocycles. The molecule has 1 unspecified atom stereocenters. The lowest BCUT2D eigenvalue weighted by Crippen LogP contribution is -2.38. The van der Waals surface area contributed by atoms with Crippen molar-refractivity contribution in [2.24, 2.45) is 0 Å². The van der Waals surface area contributed by atoms with Gasteiger partial charge in [-0.05, 0) is 50.4 Å². The highest BCUT2D eigenvalue weighted by Gasteiger charge is 2.16. The third kappa shape index (κ3) is 3.72. The Bertz CT molecular complexity index is 367. The number of β-amino-alcohol motifs (C(OH)–C–C–N with tert-alkyl or cyclic N) is 1. The number of hydrogen-bond donors (Lipinski definition) is 1. The van der Waals surface area contributed by atoms with E-state index < -0.39 is 0 Å². The molecule has 0 aromatic heterocycles. The number of aryl methyl sites for hydroxylation is 1. The Hall–Kier alpha value is -1.06. The smallest absolute Gasteiger partial charge is 0.122 e. The van der Waals surface area contributed by atoms with Crippen LogP contribution in [-0.4, -0.2) is 42.9 Å². The molecule has 1 N–H and O–H groups in total. The number of ether oxygens (including phenoxy) is 1. The second-order valence-electron chi connectivity index (χ2n) is 5.01. The van der Waals surface area contributed by atoms with Gasteiger partial charge >= 0.3 is 0 Å². The van der Waals surface area contributed by atoms with Gasteiger partial charge in [0.15, 0.2) is 0 Å². The number of rotatable bonds is 5. The summed E-state index contributed by atoms with van der Waals surface area (Å²) < 4.78 is 5.35. The van der Waals surface area contributed by atoms with E-state index in [1.165, 1.54) is 5.56 Å². The minimum absolute atomic E-state index is 0.120. The van der Waals surface area contributed by atoms with Crippen molar-refractivity contribution in [1.82, 2.24) is 4.90 Å². The van der Waals surface area contributed by atoms with Gasteiger partial charge in [0.2, 0.25) is 0 Å². The molecule has 0 amide bonds. The molecular weight excluding hydrogens is 226 g/mol. The van der Waals surface area contributed by atoms with Gasteiger partial charge in [-0.3, -0.25) is 0 Å². The standard InChI is InChI=1S/C15H23NO2/c1-18-15-9-3-2-6-13(15)7-4-10-16-11-5-8-14(17)12-16/h2-3,6,9,14,17H,4-5,7-8,10-12H2,1H3. The van der Waals surface area contributed by atoms with Crippen LogP contribution in [0.5, 0.6) is 5.75 Å². The van der Waals surface area contributed by atoms with E-state index in [-0.39, 0.29) is 6.10 Å². The fourth-order valence-electron chi connectivity index (χ4n) is 2.64. The van der Waals surface area contributed by atoms with Gasteiger partial charge in [0.25, 0.3) is 0 Å². The quantitative estimate of drug-likeness (QED) is 0.867.